The molecule has 1 N–H and O–H groups in total. The molecule has 0 radical (unpaired) electrons. The van der Waals surface area contributed by atoms with Crippen LogP contribution >= 0.6 is 0 Å². The molecule has 3 heteroatoms. The van der Waals surface area contributed by atoms with Crippen LogP contribution in [0.25, 0.3) is 0 Å². The van der Waals surface area contributed by atoms with Gasteiger partial charge in [-0.2, -0.15) is 0 Å². The van der Waals surface area contributed by atoms with Crippen LogP contribution in [0, 0.1) is 25.5 Å². The molecule has 0 aliphatic heterocycles. The molecule has 0 atom stereocenters. The lowest BCUT2D eigenvalue weighted by molar-refractivity contribution is 0.560. The minimum Gasteiger partial charge on any atom is -0.381 e. The molecule has 0 spiro atoms. The first kappa shape index (κ1) is 12.6. The Hall–Kier alpha value is -1.90. The minimum absolute atomic E-state index is 0.0655. The number of hydrogen-bond acceptors (Lipinski definition) is 1. The summed E-state index contributed by atoms with van der Waals surface area (Å²) >= 11 is 0. The van der Waals surface area contributed by atoms with Gasteiger partial charge in [-0.1, -0.05) is 12.1 Å². The van der Waals surface area contributed by atoms with Crippen molar-refractivity contribution < 1.29 is 8.78 Å². The van der Waals surface area contributed by atoms with E-state index in [9.17, 15) is 8.78 Å². The summed E-state index contributed by atoms with van der Waals surface area (Å²) in [7, 11) is 0. The molecule has 1 nitrogen and oxygen atoms in total. The van der Waals surface area contributed by atoms with Crippen molar-refractivity contribution in [3.8, 4) is 0 Å². The van der Waals surface area contributed by atoms with Gasteiger partial charge in [0.05, 0.1) is 0 Å². The molecule has 0 saturated carbocycles. The highest BCUT2D eigenvalue weighted by Crippen LogP contribution is 2.17. The van der Waals surface area contributed by atoms with Gasteiger partial charge in [0.2, 0.25) is 0 Å². The van der Waals surface area contributed by atoms with Gasteiger partial charge in [-0.15, -0.1) is 0 Å². The van der Waals surface area contributed by atoms with Gasteiger partial charge in [0, 0.05) is 17.8 Å². The Bertz CT molecular complexity index is 544. The van der Waals surface area contributed by atoms with Gasteiger partial charge >= 0.3 is 0 Å². The molecular weight excluding hydrogens is 232 g/mol. The number of nitrogens with one attached hydrogen (secondary N) is 1. The molecule has 2 aromatic rings. The van der Waals surface area contributed by atoms with E-state index in [2.05, 4.69) is 5.32 Å². The van der Waals surface area contributed by atoms with Crippen LogP contribution in [-0.2, 0) is 6.54 Å². The van der Waals surface area contributed by atoms with Crippen LogP contribution < -0.4 is 5.32 Å². The summed E-state index contributed by atoms with van der Waals surface area (Å²) in [6.45, 7) is 4.17. The quantitative estimate of drug-likeness (QED) is 0.857. The van der Waals surface area contributed by atoms with Gasteiger partial charge in [-0.05, 0) is 49.2 Å². The van der Waals surface area contributed by atoms with Gasteiger partial charge < -0.3 is 5.32 Å². The highest BCUT2D eigenvalue weighted by Gasteiger charge is 2.07. The predicted molar refractivity (Wildman–Crippen MR) is 69.6 cm³/mol. The fourth-order valence-corrected chi connectivity index (χ4v) is 1.74. The Morgan fingerprint density at radius 3 is 2.22 bits per heavy atom. The summed E-state index contributed by atoms with van der Waals surface area (Å²) in [5.41, 5.74) is 3.27. The van der Waals surface area contributed by atoms with Gasteiger partial charge in [-0.25, -0.2) is 8.78 Å². The Morgan fingerprint density at radius 1 is 0.944 bits per heavy atom. The minimum atomic E-state index is -0.522. The first-order chi connectivity index (χ1) is 8.58. The first-order valence-corrected chi connectivity index (χ1v) is 5.82. The Morgan fingerprint density at radius 2 is 1.61 bits per heavy atom. The smallest absolute Gasteiger partial charge is 0.131 e. The van der Waals surface area contributed by atoms with Crippen LogP contribution in [0.15, 0.2) is 36.4 Å². The molecule has 0 heterocycles. The Labute approximate surface area is 105 Å². The van der Waals surface area contributed by atoms with Crippen LogP contribution in [-0.4, -0.2) is 0 Å². The van der Waals surface area contributed by atoms with E-state index in [0.717, 1.165) is 11.3 Å². The molecule has 0 aliphatic rings. The van der Waals surface area contributed by atoms with E-state index < -0.39 is 11.6 Å². The summed E-state index contributed by atoms with van der Waals surface area (Å²) in [5, 5.41) is 3.03. The van der Waals surface area contributed by atoms with Crippen molar-refractivity contribution in [3.63, 3.8) is 0 Å². The largest absolute Gasteiger partial charge is 0.381 e. The third-order valence-electron chi connectivity index (χ3n) is 3.04. The fraction of sp³-hybridized carbons (Fsp3) is 0.200. The van der Waals surface area contributed by atoms with E-state index in [1.165, 1.54) is 23.8 Å². The number of hydrogen-bond donors (Lipinski definition) is 1. The molecule has 0 aromatic heterocycles. The molecule has 94 valence electrons. The molecule has 0 fully saturated rings. The van der Waals surface area contributed by atoms with Crippen molar-refractivity contribution >= 4 is 5.69 Å². The van der Waals surface area contributed by atoms with Crippen molar-refractivity contribution in [3.05, 3.63) is 64.7 Å². The second kappa shape index (κ2) is 5.17. The van der Waals surface area contributed by atoms with Crippen LogP contribution in [0.4, 0.5) is 14.5 Å². The second-order valence-corrected chi connectivity index (χ2v) is 4.35. The lowest BCUT2D eigenvalue weighted by Crippen LogP contribution is -2.04. The van der Waals surface area contributed by atoms with Gasteiger partial charge in [0.1, 0.15) is 11.6 Å². The average molecular weight is 247 g/mol. The first-order valence-electron chi connectivity index (χ1n) is 5.82. The fourth-order valence-electron chi connectivity index (χ4n) is 1.74. The summed E-state index contributed by atoms with van der Waals surface area (Å²) < 4.78 is 26.8. The van der Waals surface area contributed by atoms with E-state index in [-0.39, 0.29) is 12.1 Å². The van der Waals surface area contributed by atoms with Crippen LogP contribution in [0.2, 0.25) is 0 Å². The molecule has 0 saturated heterocycles. The topological polar surface area (TPSA) is 12.0 Å². The van der Waals surface area contributed by atoms with E-state index in [1.54, 1.807) is 0 Å². The van der Waals surface area contributed by atoms with E-state index in [0.29, 0.717) is 0 Å². The molecule has 2 rings (SSSR count). The molecule has 0 amide bonds. The van der Waals surface area contributed by atoms with Gasteiger partial charge in [0.15, 0.2) is 0 Å². The van der Waals surface area contributed by atoms with Gasteiger partial charge in [-0.3, -0.25) is 0 Å². The Kier molecular flexibility index (Phi) is 3.60. The molecular formula is C15H15F2N. The van der Waals surface area contributed by atoms with Crippen molar-refractivity contribution in [2.75, 3.05) is 5.32 Å². The predicted octanol–water partition coefficient (Wildman–Crippen LogP) is 4.19. The lowest BCUT2D eigenvalue weighted by atomic mass is 10.1. The number of benzene rings is 2. The number of halogens is 2. The normalized spacial score (nSPS) is 10.4. The van der Waals surface area contributed by atoms with Crippen LogP contribution in [0.1, 0.15) is 16.7 Å². The molecule has 0 bridgehead atoms. The van der Waals surface area contributed by atoms with Crippen molar-refractivity contribution in [1.82, 2.24) is 0 Å². The highest BCUT2D eigenvalue weighted by molar-refractivity contribution is 5.48. The lowest BCUT2D eigenvalue weighted by Gasteiger charge is -2.10. The van der Waals surface area contributed by atoms with Crippen LogP contribution in [0.3, 0.4) is 0 Å². The van der Waals surface area contributed by atoms with Crippen molar-refractivity contribution in [2.24, 2.45) is 0 Å². The third-order valence-corrected chi connectivity index (χ3v) is 3.04. The second-order valence-electron chi connectivity index (χ2n) is 4.35. The summed E-state index contributed by atoms with van der Waals surface area (Å²) in [6, 6.07) is 9.75. The maximum absolute atomic E-state index is 13.4. The summed E-state index contributed by atoms with van der Waals surface area (Å²) in [6.07, 6.45) is 0. The number of anilines is 1. The maximum atomic E-state index is 13.4. The summed E-state index contributed by atoms with van der Waals surface area (Å²) in [5.74, 6) is -1.04. The van der Waals surface area contributed by atoms with E-state index in [1.807, 2.05) is 32.0 Å². The maximum Gasteiger partial charge on any atom is 0.131 e. The molecule has 18 heavy (non-hydrogen) atoms. The third kappa shape index (κ3) is 2.67. The van der Waals surface area contributed by atoms with Crippen molar-refractivity contribution in [1.29, 1.82) is 0 Å². The van der Waals surface area contributed by atoms with Gasteiger partial charge in [0.25, 0.3) is 0 Å². The van der Waals surface area contributed by atoms with Crippen molar-refractivity contribution in [2.45, 2.75) is 20.4 Å². The summed E-state index contributed by atoms with van der Waals surface area (Å²) in [4.78, 5) is 0. The SMILES string of the molecule is Cc1ccc(NCc2c(F)cccc2F)cc1C. The zero-order valence-corrected chi connectivity index (χ0v) is 10.4. The monoisotopic (exact) mass is 247 g/mol. The zero-order valence-electron chi connectivity index (χ0n) is 10.4. The zero-order chi connectivity index (χ0) is 13.1. The Balaban J connectivity index is 2.14. The standard InChI is InChI=1S/C15H15F2N/c1-10-6-7-12(8-11(10)2)18-9-13-14(16)4-3-5-15(13)17/h3-8,18H,9H2,1-2H3. The molecule has 0 aliphatic carbocycles. The number of rotatable bonds is 3. The highest BCUT2D eigenvalue weighted by atomic mass is 19.1. The average Bonchev–Trinajstić information content (AvgIpc) is 2.33. The van der Waals surface area contributed by atoms with Crippen LogP contribution in [0.5, 0.6) is 0 Å². The number of aryl methyl sites for hydroxylation is 2. The molecule has 2 aromatic carbocycles. The van der Waals surface area contributed by atoms with E-state index in [4.69, 9.17) is 0 Å². The van der Waals surface area contributed by atoms with E-state index >= 15 is 0 Å². The molecule has 0 unspecified atom stereocenters.